The maximum atomic E-state index is 12.7. The van der Waals surface area contributed by atoms with E-state index >= 15 is 0 Å². The number of ether oxygens (including phenoxy) is 2. The Morgan fingerprint density at radius 2 is 1.81 bits per heavy atom. The normalized spacial score (nSPS) is 19.1. The van der Waals surface area contributed by atoms with Gasteiger partial charge in [0.05, 0.1) is 24.8 Å². The van der Waals surface area contributed by atoms with Gasteiger partial charge >= 0.3 is 6.18 Å². The fourth-order valence-electron chi connectivity index (χ4n) is 2.92. The SMILES string of the molecule is O=C1CCOC[C@@H](C[C@@H](Oc2ccc(C(F)(F)F)cc2)c2ccccc2)N1. The summed E-state index contributed by atoms with van der Waals surface area (Å²) in [5, 5.41) is 2.90. The Morgan fingerprint density at radius 1 is 1.11 bits per heavy atom. The van der Waals surface area contributed by atoms with E-state index in [0.717, 1.165) is 17.7 Å². The first-order valence-corrected chi connectivity index (χ1v) is 8.68. The summed E-state index contributed by atoms with van der Waals surface area (Å²) in [5.74, 6) is 0.247. The monoisotopic (exact) mass is 379 g/mol. The van der Waals surface area contributed by atoms with E-state index in [0.29, 0.717) is 31.8 Å². The molecule has 3 rings (SSSR count). The topological polar surface area (TPSA) is 47.6 Å². The van der Waals surface area contributed by atoms with E-state index in [2.05, 4.69) is 5.32 Å². The van der Waals surface area contributed by atoms with Crippen LogP contribution in [-0.4, -0.2) is 25.2 Å². The third kappa shape index (κ3) is 5.47. The highest BCUT2D eigenvalue weighted by atomic mass is 19.4. The highest BCUT2D eigenvalue weighted by Gasteiger charge is 2.30. The van der Waals surface area contributed by atoms with Crippen LogP contribution in [0.1, 0.15) is 30.1 Å². The molecular formula is C20H20F3NO3. The van der Waals surface area contributed by atoms with Gasteiger partial charge in [0, 0.05) is 12.8 Å². The van der Waals surface area contributed by atoms with Crippen LogP contribution in [0.15, 0.2) is 54.6 Å². The molecule has 0 radical (unpaired) electrons. The summed E-state index contributed by atoms with van der Waals surface area (Å²) in [7, 11) is 0. The van der Waals surface area contributed by atoms with E-state index in [1.165, 1.54) is 12.1 Å². The Balaban J connectivity index is 1.77. The zero-order chi connectivity index (χ0) is 19.3. The van der Waals surface area contributed by atoms with Crippen molar-refractivity contribution in [2.45, 2.75) is 31.2 Å². The van der Waals surface area contributed by atoms with Gasteiger partial charge in [-0.15, -0.1) is 0 Å². The van der Waals surface area contributed by atoms with Crippen LogP contribution < -0.4 is 10.1 Å². The molecule has 0 saturated carbocycles. The molecule has 2 aromatic carbocycles. The number of carbonyl (C=O) groups excluding carboxylic acids is 1. The van der Waals surface area contributed by atoms with Crippen molar-refractivity contribution in [2.75, 3.05) is 13.2 Å². The maximum absolute atomic E-state index is 12.7. The number of hydrogen-bond donors (Lipinski definition) is 1. The second-order valence-electron chi connectivity index (χ2n) is 6.36. The Morgan fingerprint density at radius 3 is 2.48 bits per heavy atom. The summed E-state index contributed by atoms with van der Waals surface area (Å²) >= 11 is 0. The first-order chi connectivity index (χ1) is 12.9. The Bertz CT molecular complexity index is 747. The molecule has 144 valence electrons. The third-order valence-electron chi connectivity index (χ3n) is 4.29. The van der Waals surface area contributed by atoms with Gasteiger partial charge in [-0.05, 0) is 29.8 Å². The molecule has 0 bridgehead atoms. The number of alkyl halides is 3. The number of amides is 1. The van der Waals surface area contributed by atoms with Crippen molar-refractivity contribution >= 4 is 5.91 Å². The minimum absolute atomic E-state index is 0.0844. The van der Waals surface area contributed by atoms with E-state index in [1.807, 2.05) is 30.3 Å². The number of halogens is 3. The molecule has 0 unspecified atom stereocenters. The van der Waals surface area contributed by atoms with Gasteiger partial charge in [-0.25, -0.2) is 0 Å². The average Bonchev–Trinajstić information content (AvgIpc) is 2.85. The van der Waals surface area contributed by atoms with E-state index in [1.54, 1.807) is 0 Å². The molecular weight excluding hydrogens is 359 g/mol. The average molecular weight is 379 g/mol. The lowest BCUT2D eigenvalue weighted by Gasteiger charge is -2.24. The van der Waals surface area contributed by atoms with Crippen molar-refractivity contribution < 1.29 is 27.4 Å². The number of benzene rings is 2. The van der Waals surface area contributed by atoms with Gasteiger partial charge in [-0.1, -0.05) is 30.3 Å². The summed E-state index contributed by atoms with van der Waals surface area (Å²) in [6.45, 7) is 0.740. The van der Waals surface area contributed by atoms with E-state index in [4.69, 9.17) is 9.47 Å². The Kier molecular flexibility index (Phi) is 6.01. The largest absolute Gasteiger partial charge is 0.486 e. The predicted molar refractivity (Wildman–Crippen MR) is 93.2 cm³/mol. The number of rotatable bonds is 5. The number of hydrogen-bond acceptors (Lipinski definition) is 3. The second-order valence-corrected chi connectivity index (χ2v) is 6.36. The van der Waals surface area contributed by atoms with E-state index < -0.39 is 17.8 Å². The van der Waals surface area contributed by atoms with Gasteiger partial charge in [0.25, 0.3) is 0 Å². The molecule has 1 saturated heterocycles. The van der Waals surface area contributed by atoms with Gasteiger partial charge < -0.3 is 14.8 Å². The Hall–Kier alpha value is -2.54. The second kappa shape index (κ2) is 8.43. The molecule has 2 atom stereocenters. The lowest BCUT2D eigenvalue weighted by atomic mass is 10.0. The van der Waals surface area contributed by atoms with Crippen molar-refractivity contribution in [1.29, 1.82) is 0 Å². The maximum Gasteiger partial charge on any atom is 0.416 e. The molecule has 1 fully saturated rings. The fourth-order valence-corrected chi connectivity index (χ4v) is 2.92. The third-order valence-corrected chi connectivity index (χ3v) is 4.29. The van der Waals surface area contributed by atoms with Crippen LogP contribution in [0.5, 0.6) is 5.75 Å². The zero-order valence-corrected chi connectivity index (χ0v) is 14.5. The highest BCUT2D eigenvalue weighted by molar-refractivity contribution is 5.76. The smallest absolute Gasteiger partial charge is 0.416 e. The van der Waals surface area contributed by atoms with Crippen molar-refractivity contribution in [3.8, 4) is 5.75 Å². The molecule has 1 amide bonds. The van der Waals surface area contributed by atoms with E-state index in [9.17, 15) is 18.0 Å². The van der Waals surface area contributed by atoms with Gasteiger partial charge in [0.1, 0.15) is 11.9 Å². The van der Waals surface area contributed by atoms with Gasteiger partial charge in [0.2, 0.25) is 5.91 Å². The van der Waals surface area contributed by atoms with Crippen molar-refractivity contribution in [3.63, 3.8) is 0 Å². The molecule has 1 N–H and O–H groups in total. The van der Waals surface area contributed by atoms with Crippen LogP contribution in [-0.2, 0) is 15.7 Å². The van der Waals surface area contributed by atoms with Crippen molar-refractivity contribution in [2.24, 2.45) is 0 Å². The fraction of sp³-hybridized carbons (Fsp3) is 0.350. The standard InChI is InChI=1S/C20H20F3NO3/c21-20(22,23)15-6-8-17(9-7-15)27-18(14-4-2-1-3-5-14)12-16-13-26-11-10-19(25)24-16/h1-9,16,18H,10-13H2,(H,24,25)/t16-,18-/m1/s1. The molecule has 0 aromatic heterocycles. The molecule has 1 heterocycles. The minimum atomic E-state index is -4.39. The van der Waals surface area contributed by atoms with Crippen LogP contribution in [0.2, 0.25) is 0 Å². The van der Waals surface area contributed by atoms with Crippen LogP contribution in [0.25, 0.3) is 0 Å². The lowest BCUT2D eigenvalue weighted by Crippen LogP contribution is -2.37. The molecule has 1 aliphatic rings. The molecule has 27 heavy (non-hydrogen) atoms. The number of nitrogens with one attached hydrogen (secondary N) is 1. The van der Waals surface area contributed by atoms with Crippen LogP contribution in [0, 0.1) is 0 Å². The first kappa shape index (κ1) is 19.2. The summed E-state index contributed by atoms with van der Waals surface area (Å²) in [5.41, 5.74) is 0.145. The quantitative estimate of drug-likeness (QED) is 0.850. The first-order valence-electron chi connectivity index (χ1n) is 8.68. The zero-order valence-electron chi connectivity index (χ0n) is 14.5. The van der Waals surface area contributed by atoms with Crippen molar-refractivity contribution in [1.82, 2.24) is 5.32 Å². The highest BCUT2D eigenvalue weighted by Crippen LogP contribution is 2.32. The van der Waals surface area contributed by atoms with Crippen LogP contribution in [0.3, 0.4) is 0 Å². The molecule has 4 nitrogen and oxygen atoms in total. The Labute approximate surface area is 155 Å². The molecule has 1 aliphatic heterocycles. The molecule has 2 aromatic rings. The van der Waals surface area contributed by atoms with Gasteiger partial charge in [-0.2, -0.15) is 13.2 Å². The summed E-state index contributed by atoms with van der Waals surface area (Å²) < 4.78 is 49.6. The van der Waals surface area contributed by atoms with Gasteiger partial charge in [0.15, 0.2) is 0 Å². The van der Waals surface area contributed by atoms with Crippen molar-refractivity contribution in [3.05, 3.63) is 65.7 Å². The van der Waals surface area contributed by atoms with Crippen LogP contribution in [0.4, 0.5) is 13.2 Å². The number of carbonyl (C=O) groups is 1. The summed E-state index contributed by atoms with van der Waals surface area (Å²) in [6.07, 6.45) is -4.07. The lowest BCUT2D eigenvalue weighted by molar-refractivity contribution is -0.137. The molecule has 0 spiro atoms. The van der Waals surface area contributed by atoms with E-state index in [-0.39, 0.29) is 11.9 Å². The molecule has 0 aliphatic carbocycles. The summed E-state index contributed by atoms with van der Waals surface area (Å²) in [6, 6.07) is 13.7. The predicted octanol–water partition coefficient (Wildman–Crippen LogP) is 4.12. The van der Waals surface area contributed by atoms with Gasteiger partial charge in [-0.3, -0.25) is 4.79 Å². The minimum Gasteiger partial charge on any atom is -0.486 e. The molecule has 7 heteroatoms. The van der Waals surface area contributed by atoms with Crippen LogP contribution >= 0.6 is 0 Å². The summed E-state index contributed by atoms with van der Waals surface area (Å²) in [4.78, 5) is 11.8.